The third-order valence-corrected chi connectivity index (χ3v) is 5.77. The van der Waals surface area contributed by atoms with Crippen molar-refractivity contribution in [3.8, 4) is 0 Å². The fourth-order valence-corrected chi connectivity index (χ4v) is 3.92. The van der Waals surface area contributed by atoms with Crippen molar-refractivity contribution in [2.75, 3.05) is 0 Å². The van der Waals surface area contributed by atoms with Gasteiger partial charge < -0.3 is 5.73 Å². The summed E-state index contributed by atoms with van der Waals surface area (Å²) in [7, 11) is 0. The van der Waals surface area contributed by atoms with Gasteiger partial charge >= 0.3 is 0 Å². The van der Waals surface area contributed by atoms with Crippen LogP contribution in [0.4, 0.5) is 4.39 Å². The molecule has 1 saturated carbocycles. The SMILES string of the molecule is CC(C)(C)C1CCCC(N)(Cc2cc(F)ccc2Br)CC1. The molecule has 1 nitrogen and oxygen atoms in total. The maximum atomic E-state index is 13.5. The highest BCUT2D eigenvalue weighted by Gasteiger charge is 2.34. The molecule has 0 amide bonds. The number of nitrogens with two attached hydrogens (primary N) is 1. The molecule has 0 spiro atoms. The molecule has 118 valence electrons. The summed E-state index contributed by atoms with van der Waals surface area (Å²) in [6.07, 6.45) is 6.41. The van der Waals surface area contributed by atoms with Crippen molar-refractivity contribution in [3.05, 3.63) is 34.1 Å². The molecule has 0 radical (unpaired) electrons. The fraction of sp³-hybridized carbons (Fsp3) is 0.667. The molecule has 3 heteroatoms. The van der Waals surface area contributed by atoms with E-state index in [1.807, 2.05) is 0 Å². The Hall–Kier alpha value is -0.410. The Kier molecular flexibility index (Phi) is 5.15. The van der Waals surface area contributed by atoms with Gasteiger partial charge in [-0.25, -0.2) is 4.39 Å². The molecule has 0 saturated heterocycles. The zero-order chi connectivity index (χ0) is 15.7. The molecule has 0 heterocycles. The van der Waals surface area contributed by atoms with Crippen molar-refractivity contribution >= 4 is 15.9 Å². The van der Waals surface area contributed by atoms with E-state index in [1.165, 1.54) is 25.3 Å². The van der Waals surface area contributed by atoms with Gasteiger partial charge in [-0.05, 0) is 67.2 Å². The Balaban J connectivity index is 2.10. The third-order valence-electron chi connectivity index (χ3n) is 4.99. The normalized spacial score (nSPS) is 27.4. The van der Waals surface area contributed by atoms with Gasteiger partial charge in [-0.3, -0.25) is 0 Å². The monoisotopic (exact) mass is 355 g/mol. The van der Waals surface area contributed by atoms with E-state index < -0.39 is 0 Å². The van der Waals surface area contributed by atoms with Crippen LogP contribution in [0.15, 0.2) is 22.7 Å². The van der Waals surface area contributed by atoms with Gasteiger partial charge in [0.05, 0.1) is 0 Å². The third kappa shape index (κ3) is 4.53. The summed E-state index contributed by atoms with van der Waals surface area (Å²) in [6, 6.07) is 4.88. The van der Waals surface area contributed by atoms with Crippen molar-refractivity contribution < 1.29 is 4.39 Å². The predicted octanol–water partition coefficient (Wildman–Crippen LogP) is 5.45. The molecule has 1 aromatic carbocycles. The van der Waals surface area contributed by atoms with Crippen molar-refractivity contribution in [1.82, 2.24) is 0 Å². The quantitative estimate of drug-likeness (QED) is 0.700. The average Bonchev–Trinajstić information content (AvgIpc) is 2.55. The lowest BCUT2D eigenvalue weighted by Gasteiger charge is -2.31. The van der Waals surface area contributed by atoms with Crippen LogP contribution in [0, 0.1) is 17.2 Å². The van der Waals surface area contributed by atoms with Gasteiger partial charge in [-0.1, -0.05) is 43.1 Å². The Morgan fingerprint density at radius 1 is 1.29 bits per heavy atom. The molecule has 0 aromatic heterocycles. The highest BCUT2D eigenvalue weighted by Crippen LogP contribution is 2.40. The first kappa shape index (κ1) is 17.0. The minimum Gasteiger partial charge on any atom is -0.325 e. The zero-order valence-corrected chi connectivity index (χ0v) is 15.0. The van der Waals surface area contributed by atoms with Gasteiger partial charge in [0.15, 0.2) is 0 Å². The molecule has 2 rings (SSSR count). The van der Waals surface area contributed by atoms with Crippen LogP contribution in [0.2, 0.25) is 0 Å². The highest BCUT2D eigenvalue weighted by molar-refractivity contribution is 9.10. The van der Waals surface area contributed by atoms with E-state index in [0.29, 0.717) is 5.41 Å². The second kappa shape index (κ2) is 6.37. The minimum atomic E-state index is -0.198. The summed E-state index contributed by atoms with van der Waals surface area (Å²) < 4.78 is 14.4. The first-order valence-corrected chi connectivity index (χ1v) is 8.72. The minimum absolute atomic E-state index is 0.182. The fourth-order valence-electron chi connectivity index (χ4n) is 3.53. The van der Waals surface area contributed by atoms with Gasteiger partial charge in [0, 0.05) is 10.0 Å². The Morgan fingerprint density at radius 2 is 2.00 bits per heavy atom. The van der Waals surface area contributed by atoms with E-state index in [2.05, 4.69) is 36.7 Å². The van der Waals surface area contributed by atoms with Crippen LogP contribution in [0.3, 0.4) is 0 Å². The summed E-state index contributed by atoms with van der Waals surface area (Å²) in [5, 5.41) is 0. The number of halogens is 2. The molecule has 0 bridgehead atoms. The Morgan fingerprint density at radius 3 is 2.67 bits per heavy atom. The van der Waals surface area contributed by atoms with E-state index in [1.54, 1.807) is 12.1 Å². The van der Waals surface area contributed by atoms with Crippen LogP contribution in [0.25, 0.3) is 0 Å². The first-order chi connectivity index (χ1) is 9.70. The standard InChI is InChI=1S/C18H27BrFN/c1-17(2,3)14-5-4-9-18(21,10-8-14)12-13-11-15(20)6-7-16(13)19/h6-7,11,14H,4-5,8-10,12,21H2,1-3H3. The van der Waals surface area contributed by atoms with Gasteiger partial charge in [0.25, 0.3) is 0 Å². The summed E-state index contributed by atoms with van der Waals surface area (Å²) in [4.78, 5) is 0. The maximum Gasteiger partial charge on any atom is 0.123 e. The maximum absolute atomic E-state index is 13.5. The second-order valence-electron chi connectivity index (χ2n) is 7.77. The van der Waals surface area contributed by atoms with Gasteiger partial charge in [0.2, 0.25) is 0 Å². The summed E-state index contributed by atoms with van der Waals surface area (Å²) >= 11 is 3.52. The molecule has 1 aromatic rings. The van der Waals surface area contributed by atoms with Crippen molar-refractivity contribution in [3.63, 3.8) is 0 Å². The van der Waals surface area contributed by atoms with Crippen LogP contribution >= 0.6 is 15.9 Å². The molecule has 2 unspecified atom stereocenters. The number of hydrogen-bond acceptors (Lipinski definition) is 1. The van der Waals surface area contributed by atoms with Gasteiger partial charge in [0.1, 0.15) is 5.82 Å². The molecule has 1 aliphatic carbocycles. The van der Waals surface area contributed by atoms with Crippen LogP contribution in [0.1, 0.15) is 58.4 Å². The van der Waals surface area contributed by atoms with E-state index in [4.69, 9.17) is 5.73 Å². The lowest BCUT2D eigenvalue weighted by atomic mass is 9.76. The molecule has 2 atom stereocenters. The average molecular weight is 356 g/mol. The first-order valence-electron chi connectivity index (χ1n) is 7.92. The molecule has 2 N–H and O–H groups in total. The topological polar surface area (TPSA) is 26.0 Å². The molecule has 1 aliphatic rings. The van der Waals surface area contributed by atoms with Crippen LogP contribution in [-0.4, -0.2) is 5.54 Å². The highest BCUT2D eigenvalue weighted by atomic mass is 79.9. The van der Waals surface area contributed by atoms with E-state index in [9.17, 15) is 4.39 Å². The van der Waals surface area contributed by atoms with Crippen molar-refractivity contribution in [2.45, 2.75) is 64.8 Å². The van der Waals surface area contributed by atoms with E-state index in [-0.39, 0.29) is 11.4 Å². The number of hydrogen-bond donors (Lipinski definition) is 1. The smallest absolute Gasteiger partial charge is 0.123 e. The largest absolute Gasteiger partial charge is 0.325 e. The van der Waals surface area contributed by atoms with Gasteiger partial charge in [-0.2, -0.15) is 0 Å². The zero-order valence-electron chi connectivity index (χ0n) is 13.4. The van der Waals surface area contributed by atoms with Crippen LogP contribution < -0.4 is 5.73 Å². The van der Waals surface area contributed by atoms with Crippen molar-refractivity contribution in [2.24, 2.45) is 17.1 Å². The molecular formula is C18H27BrFN. The molecule has 0 aliphatic heterocycles. The van der Waals surface area contributed by atoms with Crippen LogP contribution in [0.5, 0.6) is 0 Å². The summed E-state index contributed by atoms with van der Waals surface area (Å²) in [5.41, 5.74) is 7.82. The molecule has 1 fully saturated rings. The Labute approximate surface area is 136 Å². The van der Waals surface area contributed by atoms with E-state index >= 15 is 0 Å². The summed E-state index contributed by atoms with van der Waals surface area (Å²) in [6.45, 7) is 6.97. The molecular weight excluding hydrogens is 329 g/mol. The second-order valence-corrected chi connectivity index (χ2v) is 8.62. The predicted molar refractivity (Wildman–Crippen MR) is 90.8 cm³/mol. The lowest BCUT2D eigenvalue weighted by molar-refractivity contribution is 0.210. The van der Waals surface area contributed by atoms with E-state index in [0.717, 1.165) is 35.2 Å². The summed E-state index contributed by atoms with van der Waals surface area (Å²) in [5.74, 6) is 0.553. The Bertz CT molecular complexity index is 494. The number of benzene rings is 1. The van der Waals surface area contributed by atoms with Crippen LogP contribution in [-0.2, 0) is 6.42 Å². The number of rotatable bonds is 2. The van der Waals surface area contributed by atoms with Gasteiger partial charge in [-0.15, -0.1) is 0 Å². The molecule has 21 heavy (non-hydrogen) atoms. The van der Waals surface area contributed by atoms with Crippen molar-refractivity contribution in [1.29, 1.82) is 0 Å². The lowest BCUT2D eigenvalue weighted by Crippen LogP contribution is -2.41.